The highest BCUT2D eigenvalue weighted by molar-refractivity contribution is 7.89. The maximum Gasteiger partial charge on any atom is 0.289 e. The summed E-state index contributed by atoms with van der Waals surface area (Å²) in [6.45, 7) is 5.54. The van der Waals surface area contributed by atoms with Crippen LogP contribution >= 0.6 is 0 Å². The Balaban J connectivity index is 2.56. The van der Waals surface area contributed by atoms with Crippen LogP contribution in [-0.4, -0.2) is 42.9 Å². The zero-order valence-corrected chi connectivity index (χ0v) is 13.0. The Morgan fingerprint density at radius 3 is 2.67 bits per heavy atom. The third-order valence-corrected chi connectivity index (χ3v) is 5.68. The van der Waals surface area contributed by atoms with Gasteiger partial charge >= 0.3 is 0 Å². The predicted molar refractivity (Wildman–Crippen MR) is 76.6 cm³/mol. The van der Waals surface area contributed by atoms with Crippen molar-refractivity contribution >= 4 is 15.7 Å². The van der Waals surface area contributed by atoms with E-state index in [1.807, 2.05) is 0 Å². The summed E-state index contributed by atoms with van der Waals surface area (Å²) in [4.78, 5) is 10.3. The summed E-state index contributed by atoms with van der Waals surface area (Å²) in [6.07, 6.45) is -0.237. The van der Waals surface area contributed by atoms with Gasteiger partial charge in [0.25, 0.3) is 15.7 Å². The summed E-state index contributed by atoms with van der Waals surface area (Å²) in [5.41, 5.74) is -0.0168. The molecule has 2 rings (SSSR count). The third-order valence-electron chi connectivity index (χ3n) is 3.51. The molecule has 1 aromatic rings. The number of nitro benzene ring substituents is 1. The molecule has 1 aromatic carbocycles. The number of morpholine rings is 1. The molecule has 1 fully saturated rings. The van der Waals surface area contributed by atoms with Crippen LogP contribution in [0.2, 0.25) is 0 Å². The van der Waals surface area contributed by atoms with Crippen LogP contribution in [0, 0.1) is 17.0 Å². The zero-order chi connectivity index (χ0) is 15.8. The number of ether oxygens (including phenoxy) is 1. The van der Waals surface area contributed by atoms with Crippen LogP contribution in [0.3, 0.4) is 0 Å². The molecule has 1 saturated heterocycles. The second-order valence-electron chi connectivity index (χ2n) is 5.25. The van der Waals surface area contributed by atoms with Gasteiger partial charge in [-0.3, -0.25) is 10.1 Å². The lowest BCUT2D eigenvalue weighted by atomic mass is 10.2. The van der Waals surface area contributed by atoms with Crippen LogP contribution in [-0.2, 0) is 14.8 Å². The SMILES string of the molecule is Cc1cccc([N+](=O)[O-])c1S(=O)(=O)N1C[C@@H](C)OC[C@@H]1C. The van der Waals surface area contributed by atoms with Gasteiger partial charge < -0.3 is 4.74 Å². The van der Waals surface area contributed by atoms with Crippen molar-refractivity contribution in [2.24, 2.45) is 0 Å². The standard InChI is InChI=1S/C13H18N2O5S/c1-9-5-4-6-12(15(16)17)13(9)21(18,19)14-7-11(3)20-8-10(14)2/h4-6,10-11H,7-8H2,1-3H3/t10-,11+/m0/s1. The van der Waals surface area contributed by atoms with Crippen molar-refractivity contribution in [2.45, 2.75) is 37.8 Å². The molecular formula is C13H18N2O5S. The summed E-state index contributed by atoms with van der Waals surface area (Å²) >= 11 is 0. The highest BCUT2D eigenvalue weighted by atomic mass is 32.2. The molecule has 8 heteroatoms. The van der Waals surface area contributed by atoms with E-state index in [0.29, 0.717) is 5.56 Å². The van der Waals surface area contributed by atoms with Crippen molar-refractivity contribution in [1.29, 1.82) is 0 Å². The minimum absolute atomic E-state index is 0.189. The molecule has 116 valence electrons. The smallest absolute Gasteiger partial charge is 0.289 e. The van der Waals surface area contributed by atoms with Crippen molar-refractivity contribution in [3.05, 3.63) is 33.9 Å². The molecule has 2 atom stereocenters. The van der Waals surface area contributed by atoms with Gasteiger partial charge in [-0.1, -0.05) is 12.1 Å². The number of nitro groups is 1. The Bertz CT molecular complexity index is 659. The first-order valence-electron chi connectivity index (χ1n) is 6.62. The fourth-order valence-electron chi connectivity index (χ4n) is 2.44. The molecule has 0 unspecified atom stereocenters. The Morgan fingerprint density at radius 1 is 1.38 bits per heavy atom. The average Bonchev–Trinajstić information content (AvgIpc) is 2.40. The summed E-state index contributed by atoms with van der Waals surface area (Å²) in [6, 6.07) is 3.91. The predicted octanol–water partition coefficient (Wildman–Crippen LogP) is 1.70. The number of sulfonamides is 1. The fourth-order valence-corrected chi connectivity index (χ4v) is 4.50. The number of rotatable bonds is 3. The lowest BCUT2D eigenvalue weighted by Crippen LogP contribution is -2.50. The number of hydrogen-bond donors (Lipinski definition) is 0. The normalized spacial score (nSPS) is 24.0. The van der Waals surface area contributed by atoms with Crippen LogP contribution in [0.15, 0.2) is 23.1 Å². The van der Waals surface area contributed by atoms with Crippen molar-refractivity contribution in [2.75, 3.05) is 13.2 Å². The molecule has 0 bridgehead atoms. The molecule has 7 nitrogen and oxygen atoms in total. The van der Waals surface area contributed by atoms with E-state index in [1.54, 1.807) is 26.8 Å². The van der Waals surface area contributed by atoms with E-state index in [0.717, 1.165) is 0 Å². The maximum atomic E-state index is 12.9. The zero-order valence-electron chi connectivity index (χ0n) is 12.1. The number of nitrogens with zero attached hydrogens (tertiary/aromatic N) is 2. The Labute approximate surface area is 123 Å². The quantitative estimate of drug-likeness (QED) is 0.625. The molecule has 1 aliphatic heterocycles. The van der Waals surface area contributed by atoms with Crippen LogP contribution < -0.4 is 0 Å². The minimum Gasteiger partial charge on any atom is -0.375 e. The second kappa shape index (κ2) is 5.70. The number of aryl methyl sites for hydroxylation is 1. The molecular weight excluding hydrogens is 296 g/mol. The molecule has 0 spiro atoms. The van der Waals surface area contributed by atoms with Gasteiger partial charge in [0.15, 0.2) is 4.90 Å². The largest absolute Gasteiger partial charge is 0.375 e. The Hall–Kier alpha value is -1.51. The number of benzene rings is 1. The van der Waals surface area contributed by atoms with Crippen molar-refractivity contribution < 1.29 is 18.1 Å². The van der Waals surface area contributed by atoms with E-state index in [-0.39, 0.29) is 35.9 Å². The van der Waals surface area contributed by atoms with Crippen LogP contribution in [0.4, 0.5) is 5.69 Å². The van der Waals surface area contributed by atoms with Crippen molar-refractivity contribution in [3.63, 3.8) is 0 Å². The molecule has 0 amide bonds. The topological polar surface area (TPSA) is 89.8 Å². The van der Waals surface area contributed by atoms with E-state index in [1.165, 1.54) is 16.4 Å². The van der Waals surface area contributed by atoms with Gasteiger partial charge in [0.1, 0.15) is 0 Å². The van der Waals surface area contributed by atoms with Crippen LogP contribution in [0.25, 0.3) is 0 Å². The first-order valence-corrected chi connectivity index (χ1v) is 8.06. The van der Waals surface area contributed by atoms with Crippen LogP contribution in [0.1, 0.15) is 19.4 Å². The lowest BCUT2D eigenvalue weighted by Gasteiger charge is -2.35. The van der Waals surface area contributed by atoms with E-state index in [4.69, 9.17) is 4.74 Å². The van der Waals surface area contributed by atoms with Gasteiger partial charge in [-0.25, -0.2) is 8.42 Å². The van der Waals surface area contributed by atoms with Crippen molar-refractivity contribution in [3.8, 4) is 0 Å². The molecule has 0 aliphatic carbocycles. The molecule has 21 heavy (non-hydrogen) atoms. The summed E-state index contributed by atoms with van der Waals surface area (Å²) in [5.74, 6) is 0. The Morgan fingerprint density at radius 2 is 2.05 bits per heavy atom. The molecule has 0 N–H and O–H groups in total. The molecule has 0 radical (unpaired) electrons. The van der Waals surface area contributed by atoms with E-state index >= 15 is 0 Å². The Kier molecular flexibility index (Phi) is 4.31. The lowest BCUT2D eigenvalue weighted by molar-refractivity contribution is -0.388. The van der Waals surface area contributed by atoms with Gasteiger partial charge in [0.05, 0.1) is 17.6 Å². The molecule has 0 saturated carbocycles. The number of hydrogen-bond acceptors (Lipinski definition) is 5. The van der Waals surface area contributed by atoms with Gasteiger partial charge in [-0.2, -0.15) is 4.31 Å². The van der Waals surface area contributed by atoms with E-state index < -0.39 is 14.9 Å². The maximum absolute atomic E-state index is 12.9. The highest BCUT2D eigenvalue weighted by Crippen LogP contribution is 2.31. The third kappa shape index (κ3) is 2.92. The monoisotopic (exact) mass is 314 g/mol. The van der Waals surface area contributed by atoms with Gasteiger partial charge in [0, 0.05) is 18.7 Å². The fraction of sp³-hybridized carbons (Fsp3) is 0.538. The molecule has 0 aromatic heterocycles. The van der Waals surface area contributed by atoms with Gasteiger partial charge in [0.2, 0.25) is 0 Å². The summed E-state index contributed by atoms with van der Waals surface area (Å²) in [5, 5.41) is 11.1. The van der Waals surface area contributed by atoms with Gasteiger partial charge in [-0.15, -0.1) is 0 Å². The van der Waals surface area contributed by atoms with Crippen LogP contribution in [0.5, 0.6) is 0 Å². The molecule has 1 heterocycles. The summed E-state index contributed by atoms with van der Waals surface area (Å²) in [7, 11) is -3.94. The first-order chi connectivity index (χ1) is 9.75. The minimum atomic E-state index is -3.94. The average molecular weight is 314 g/mol. The van der Waals surface area contributed by atoms with Crippen molar-refractivity contribution in [1.82, 2.24) is 4.31 Å². The van der Waals surface area contributed by atoms with E-state index in [2.05, 4.69) is 0 Å². The highest BCUT2D eigenvalue weighted by Gasteiger charge is 2.38. The second-order valence-corrected chi connectivity index (χ2v) is 7.08. The first kappa shape index (κ1) is 15.9. The summed E-state index contributed by atoms with van der Waals surface area (Å²) < 4.78 is 32.4. The van der Waals surface area contributed by atoms with Gasteiger partial charge in [-0.05, 0) is 26.3 Å². The van der Waals surface area contributed by atoms with E-state index in [9.17, 15) is 18.5 Å². The molecule has 1 aliphatic rings.